The molecule has 1 aliphatic carbocycles. The van der Waals surface area contributed by atoms with Gasteiger partial charge in [0.1, 0.15) is 17.7 Å². The zero-order valence-electron chi connectivity index (χ0n) is 23.1. The second kappa shape index (κ2) is 11.3. The largest absolute Gasteiger partial charge is 0.485 e. The monoisotopic (exact) mass is 532 g/mol. The number of methoxy groups -OCH3 is 1. The van der Waals surface area contributed by atoms with Crippen LogP contribution in [0.15, 0.2) is 48.7 Å². The van der Waals surface area contributed by atoms with Crippen molar-refractivity contribution in [2.75, 3.05) is 21.2 Å². The Morgan fingerprint density at radius 2 is 1.95 bits per heavy atom. The van der Waals surface area contributed by atoms with Crippen molar-refractivity contribution in [1.82, 2.24) is 9.88 Å². The molecule has 6 nitrogen and oxygen atoms in total. The van der Waals surface area contributed by atoms with Crippen LogP contribution in [0.1, 0.15) is 66.9 Å². The molecule has 206 valence electrons. The number of pyridine rings is 1. The molecule has 1 aromatic heterocycles. The minimum atomic E-state index is -0.750. The maximum absolute atomic E-state index is 14.8. The van der Waals surface area contributed by atoms with Crippen molar-refractivity contribution in [2.45, 2.75) is 57.6 Å². The van der Waals surface area contributed by atoms with Gasteiger partial charge in [-0.1, -0.05) is 43.7 Å². The summed E-state index contributed by atoms with van der Waals surface area (Å²) in [4.78, 5) is 18.0. The number of nitrogens with zero attached hydrogens (tertiary/aromatic N) is 2. The molecule has 0 bridgehead atoms. The van der Waals surface area contributed by atoms with E-state index in [2.05, 4.69) is 34.1 Å². The first-order valence-corrected chi connectivity index (χ1v) is 13.7. The highest BCUT2D eigenvalue weighted by Gasteiger charge is 2.36. The van der Waals surface area contributed by atoms with E-state index in [4.69, 9.17) is 9.47 Å². The van der Waals surface area contributed by atoms with Gasteiger partial charge in [-0.3, -0.25) is 4.79 Å². The SMILES string of the molecule is COc1cc(-c2ccc(C3CCc4ccc(C(C5CCC5)[C@H](C)C(=O)O)cc4O3)cc2CN(C)C)c(F)cn1. The van der Waals surface area contributed by atoms with Crippen molar-refractivity contribution in [3.8, 4) is 22.8 Å². The molecule has 1 N–H and O–H groups in total. The summed E-state index contributed by atoms with van der Waals surface area (Å²) in [7, 11) is 5.51. The quantitative estimate of drug-likeness (QED) is 0.334. The molecule has 1 saturated carbocycles. The maximum Gasteiger partial charge on any atom is 0.306 e. The highest BCUT2D eigenvalue weighted by molar-refractivity contribution is 5.71. The van der Waals surface area contributed by atoms with Gasteiger partial charge in [0, 0.05) is 18.2 Å². The first-order valence-electron chi connectivity index (χ1n) is 13.7. The summed E-state index contributed by atoms with van der Waals surface area (Å²) in [6, 6.07) is 14.0. The molecule has 2 heterocycles. The number of carboxylic acid groups (broad SMARTS) is 1. The lowest BCUT2D eigenvalue weighted by molar-refractivity contribution is -0.142. The highest BCUT2D eigenvalue weighted by Crippen LogP contribution is 2.46. The van der Waals surface area contributed by atoms with Crippen LogP contribution < -0.4 is 9.47 Å². The van der Waals surface area contributed by atoms with Gasteiger partial charge in [-0.25, -0.2) is 9.37 Å². The normalized spacial score (nSPS) is 18.6. The summed E-state index contributed by atoms with van der Waals surface area (Å²) in [5.41, 5.74) is 5.51. The van der Waals surface area contributed by atoms with Gasteiger partial charge in [-0.15, -0.1) is 0 Å². The highest BCUT2D eigenvalue weighted by atomic mass is 19.1. The van der Waals surface area contributed by atoms with Gasteiger partial charge in [-0.05, 0) is 85.5 Å². The molecule has 3 atom stereocenters. The number of hydrogen-bond acceptors (Lipinski definition) is 5. The van der Waals surface area contributed by atoms with E-state index in [-0.39, 0.29) is 12.0 Å². The molecule has 3 aromatic rings. The van der Waals surface area contributed by atoms with E-state index in [0.717, 1.165) is 59.3 Å². The zero-order valence-corrected chi connectivity index (χ0v) is 23.1. The number of aromatic nitrogens is 1. The standard InChI is InChI=1S/C32H37FN2O4/c1-19(32(36)37)31(21-6-5-7-21)23-9-8-20-11-13-28(39-29(20)15-23)22-10-12-25(24(14-22)18-35(2)3)26-16-30(38-4)34-17-27(26)33/h8-10,12,14-17,19,21,28,31H,5-7,11,13,18H2,1-4H3,(H,36,37)/t19-,28?,31?/m0/s1. The Balaban J connectivity index is 1.46. The fourth-order valence-electron chi connectivity index (χ4n) is 6.04. The third-order valence-corrected chi connectivity index (χ3v) is 8.32. The van der Waals surface area contributed by atoms with Gasteiger partial charge in [-0.2, -0.15) is 0 Å². The third-order valence-electron chi connectivity index (χ3n) is 8.32. The average molecular weight is 533 g/mol. The van der Waals surface area contributed by atoms with E-state index < -0.39 is 17.7 Å². The number of ether oxygens (including phenoxy) is 2. The molecule has 0 radical (unpaired) electrons. The molecule has 0 saturated heterocycles. The molecule has 2 aromatic carbocycles. The van der Waals surface area contributed by atoms with Crippen LogP contribution in [0.25, 0.3) is 11.1 Å². The summed E-state index contributed by atoms with van der Waals surface area (Å²) in [6.07, 6.45) is 6.09. The van der Waals surface area contributed by atoms with E-state index >= 15 is 0 Å². The second-order valence-electron chi connectivity index (χ2n) is 11.2. The van der Waals surface area contributed by atoms with Crippen LogP contribution in [0.4, 0.5) is 4.39 Å². The van der Waals surface area contributed by atoms with E-state index in [9.17, 15) is 14.3 Å². The first kappa shape index (κ1) is 27.1. The Morgan fingerprint density at radius 3 is 2.62 bits per heavy atom. The summed E-state index contributed by atoms with van der Waals surface area (Å²) in [6.45, 7) is 2.46. The van der Waals surface area contributed by atoms with Crippen LogP contribution in [0.3, 0.4) is 0 Å². The molecule has 2 aliphatic rings. The summed E-state index contributed by atoms with van der Waals surface area (Å²) >= 11 is 0. The summed E-state index contributed by atoms with van der Waals surface area (Å²) in [5, 5.41) is 9.78. The zero-order chi connectivity index (χ0) is 27.7. The molecule has 39 heavy (non-hydrogen) atoms. The summed E-state index contributed by atoms with van der Waals surface area (Å²) < 4.78 is 26.7. The Hall–Kier alpha value is -3.45. The number of hydrogen-bond donors (Lipinski definition) is 1. The minimum absolute atomic E-state index is 0.0104. The Morgan fingerprint density at radius 1 is 1.15 bits per heavy atom. The van der Waals surface area contributed by atoms with Crippen molar-refractivity contribution >= 4 is 5.97 Å². The van der Waals surface area contributed by atoms with E-state index in [1.807, 2.05) is 33.2 Å². The number of aliphatic carboxylic acids is 1. The molecule has 0 spiro atoms. The van der Waals surface area contributed by atoms with Crippen molar-refractivity contribution in [3.63, 3.8) is 0 Å². The van der Waals surface area contributed by atoms with E-state index in [0.29, 0.717) is 23.9 Å². The first-order chi connectivity index (χ1) is 18.7. The van der Waals surface area contributed by atoms with Gasteiger partial charge in [0.15, 0.2) is 0 Å². The smallest absolute Gasteiger partial charge is 0.306 e. The van der Waals surface area contributed by atoms with Crippen molar-refractivity contribution in [1.29, 1.82) is 0 Å². The van der Waals surface area contributed by atoms with Gasteiger partial charge in [0.25, 0.3) is 0 Å². The predicted molar refractivity (Wildman–Crippen MR) is 149 cm³/mol. The molecule has 1 fully saturated rings. The van der Waals surface area contributed by atoms with E-state index in [1.165, 1.54) is 19.7 Å². The fourth-order valence-corrected chi connectivity index (χ4v) is 6.04. The molecule has 1 aliphatic heterocycles. The minimum Gasteiger partial charge on any atom is -0.485 e. The Bertz CT molecular complexity index is 1350. The molecular formula is C32H37FN2O4. The number of carboxylic acids is 1. The number of carbonyl (C=O) groups is 1. The molecule has 5 rings (SSSR count). The van der Waals surface area contributed by atoms with Crippen LogP contribution >= 0.6 is 0 Å². The predicted octanol–water partition coefficient (Wildman–Crippen LogP) is 6.63. The topological polar surface area (TPSA) is 71.9 Å². The van der Waals surface area contributed by atoms with Crippen LogP contribution in [-0.4, -0.2) is 42.2 Å². The fraction of sp³-hybridized carbons (Fsp3) is 0.438. The lowest BCUT2D eigenvalue weighted by Crippen LogP contribution is -2.30. The van der Waals surface area contributed by atoms with Gasteiger partial charge >= 0.3 is 5.97 Å². The molecule has 2 unspecified atom stereocenters. The number of benzene rings is 2. The average Bonchev–Trinajstić information content (AvgIpc) is 2.89. The Labute approximate surface area is 229 Å². The van der Waals surface area contributed by atoms with Crippen molar-refractivity contribution in [2.24, 2.45) is 11.8 Å². The third kappa shape index (κ3) is 5.64. The molecular weight excluding hydrogens is 495 g/mol. The van der Waals surface area contributed by atoms with E-state index in [1.54, 1.807) is 6.07 Å². The number of rotatable bonds is 9. The molecule has 7 heteroatoms. The number of fused-ring (bicyclic) bond motifs is 1. The summed E-state index contributed by atoms with van der Waals surface area (Å²) in [5.74, 6) is 0.0166. The molecule has 0 amide bonds. The van der Waals surface area contributed by atoms with Gasteiger partial charge in [0.05, 0.1) is 19.2 Å². The van der Waals surface area contributed by atoms with Crippen LogP contribution in [0.2, 0.25) is 0 Å². The van der Waals surface area contributed by atoms with Gasteiger partial charge in [0.2, 0.25) is 5.88 Å². The second-order valence-corrected chi connectivity index (χ2v) is 11.2. The number of halogens is 1. The van der Waals surface area contributed by atoms with Gasteiger partial charge < -0.3 is 19.5 Å². The van der Waals surface area contributed by atoms with Crippen molar-refractivity contribution < 1.29 is 23.8 Å². The van der Waals surface area contributed by atoms with Crippen molar-refractivity contribution in [3.05, 3.63) is 76.7 Å². The van der Waals surface area contributed by atoms with Crippen LogP contribution in [0, 0.1) is 17.7 Å². The Kier molecular flexibility index (Phi) is 7.89. The number of aryl methyl sites for hydroxylation is 1. The lowest BCUT2D eigenvalue weighted by Gasteiger charge is -2.37. The van der Waals surface area contributed by atoms with Crippen LogP contribution in [-0.2, 0) is 17.8 Å². The lowest BCUT2D eigenvalue weighted by atomic mass is 9.68. The maximum atomic E-state index is 14.8. The van der Waals surface area contributed by atoms with Crippen LogP contribution in [0.5, 0.6) is 11.6 Å².